The lowest BCUT2D eigenvalue weighted by atomic mass is 10.1. The van der Waals surface area contributed by atoms with Crippen LogP contribution < -0.4 is 0 Å². The third-order valence-corrected chi connectivity index (χ3v) is 2.74. The number of aromatic nitrogens is 1. The Hall–Kier alpha value is -1.36. The van der Waals surface area contributed by atoms with Crippen LogP contribution in [0.3, 0.4) is 0 Å². The molecule has 0 saturated carbocycles. The second-order valence-electron chi connectivity index (χ2n) is 3.09. The maximum atomic E-state index is 11.3. The van der Waals surface area contributed by atoms with Crippen molar-refractivity contribution in [1.82, 2.24) is 5.16 Å². The van der Waals surface area contributed by atoms with E-state index in [-0.39, 0.29) is 0 Å². The molecule has 5 heteroatoms. The molecule has 0 saturated heterocycles. The first-order valence-corrected chi connectivity index (χ1v) is 5.06. The van der Waals surface area contributed by atoms with Gasteiger partial charge in [-0.2, -0.15) is 0 Å². The van der Waals surface area contributed by atoms with Crippen LogP contribution in [-0.2, 0) is 4.74 Å². The molecule has 0 fully saturated rings. The average Bonchev–Trinajstić information content (AvgIpc) is 2.59. The van der Waals surface area contributed by atoms with Crippen LogP contribution in [0.25, 0.3) is 11.0 Å². The van der Waals surface area contributed by atoms with Crippen molar-refractivity contribution >= 4 is 32.9 Å². The summed E-state index contributed by atoms with van der Waals surface area (Å²) in [6.45, 7) is 1.84. The number of fused-ring (bicyclic) bond motifs is 1. The summed E-state index contributed by atoms with van der Waals surface area (Å²) in [7, 11) is 1.34. The summed E-state index contributed by atoms with van der Waals surface area (Å²) in [5.41, 5.74) is 1.79. The van der Waals surface area contributed by atoms with E-state index < -0.39 is 5.97 Å². The Morgan fingerprint density at radius 3 is 2.93 bits per heavy atom. The van der Waals surface area contributed by atoms with Crippen molar-refractivity contribution in [1.29, 1.82) is 0 Å². The maximum absolute atomic E-state index is 11.3. The highest BCUT2D eigenvalue weighted by Gasteiger charge is 2.13. The van der Waals surface area contributed by atoms with Crippen LogP contribution in [-0.4, -0.2) is 18.2 Å². The van der Waals surface area contributed by atoms with Crippen LogP contribution in [0.15, 0.2) is 21.1 Å². The SMILES string of the molecule is COC(=O)c1cc(Br)c2c(C)noc2c1. The van der Waals surface area contributed by atoms with Crippen LogP contribution in [0.5, 0.6) is 0 Å². The van der Waals surface area contributed by atoms with Gasteiger partial charge in [0.15, 0.2) is 5.58 Å². The van der Waals surface area contributed by atoms with E-state index in [0.29, 0.717) is 11.1 Å². The quantitative estimate of drug-likeness (QED) is 0.747. The highest BCUT2D eigenvalue weighted by Crippen LogP contribution is 2.28. The first-order valence-electron chi connectivity index (χ1n) is 4.27. The first kappa shape index (κ1) is 10.2. The van der Waals surface area contributed by atoms with Crippen molar-refractivity contribution in [3.05, 3.63) is 27.9 Å². The molecule has 0 radical (unpaired) electrons. The molecule has 1 aromatic heterocycles. The number of halogens is 1. The highest BCUT2D eigenvalue weighted by molar-refractivity contribution is 9.10. The second kappa shape index (κ2) is 3.66. The topological polar surface area (TPSA) is 52.3 Å². The molecule has 0 bridgehead atoms. The molecule has 0 aliphatic carbocycles. The van der Waals surface area contributed by atoms with Crippen molar-refractivity contribution in [2.24, 2.45) is 0 Å². The standard InChI is InChI=1S/C10H8BrNO3/c1-5-9-7(11)3-6(10(13)14-2)4-8(9)15-12-5/h3-4H,1-2H3. The van der Waals surface area contributed by atoms with Gasteiger partial charge in [0, 0.05) is 4.47 Å². The number of hydrogen-bond donors (Lipinski definition) is 0. The minimum atomic E-state index is -0.397. The molecule has 0 unspecified atom stereocenters. The van der Waals surface area contributed by atoms with Crippen molar-refractivity contribution < 1.29 is 14.1 Å². The highest BCUT2D eigenvalue weighted by atomic mass is 79.9. The number of carbonyl (C=O) groups is 1. The summed E-state index contributed by atoms with van der Waals surface area (Å²) in [5.74, 6) is -0.397. The second-order valence-corrected chi connectivity index (χ2v) is 3.95. The van der Waals surface area contributed by atoms with Crippen molar-refractivity contribution in [2.75, 3.05) is 7.11 Å². The van der Waals surface area contributed by atoms with E-state index in [1.807, 2.05) is 6.92 Å². The Balaban J connectivity index is 2.68. The van der Waals surface area contributed by atoms with E-state index in [2.05, 4.69) is 25.8 Å². The fraction of sp³-hybridized carbons (Fsp3) is 0.200. The van der Waals surface area contributed by atoms with E-state index in [0.717, 1.165) is 15.6 Å². The summed E-state index contributed by atoms with van der Waals surface area (Å²) >= 11 is 3.37. The molecular weight excluding hydrogens is 262 g/mol. The van der Waals surface area contributed by atoms with Gasteiger partial charge in [0.1, 0.15) is 0 Å². The maximum Gasteiger partial charge on any atom is 0.338 e. The zero-order valence-electron chi connectivity index (χ0n) is 8.20. The van der Waals surface area contributed by atoms with Crippen molar-refractivity contribution in [3.8, 4) is 0 Å². The van der Waals surface area contributed by atoms with Crippen LogP contribution in [0.4, 0.5) is 0 Å². The molecule has 0 aliphatic rings. The van der Waals surface area contributed by atoms with Gasteiger partial charge in [-0.3, -0.25) is 0 Å². The lowest BCUT2D eigenvalue weighted by Gasteiger charge is -2.00. The molecule has 0 atom stereocenters. The van der Waals surface area contributed by atoms with Gasteiger partial charge in [0.2, 0.25) is 0 Å². The molecule has 78 valence electrons. The van der Waals surface area contributed by atoms with Gasteiger partial charge in [0.05, 0.1) is 23.8 Å². The molecule has 0 aliphatic heterocycles. The normalized spacial score (nSPS) is 10.6. The first-order chi connectivity index (χ1) is 7.13. The Kier molecular flexibility index (Phi) is 2.48. The molecule has 1 aromatic carbocycles. The summed E-state index contributed by atoms with van der Waals surface area (Å²) < 4.78 is 10.5. The molecule has 0 amide bonds. The molecule has 2 aromatic rings. The van der Waals surface area contributed by atoms with E-state index in [9.17, 15) is 4.79 Å². The van der Waals surface area contributed by atoms with Gasteiger partial charge in [0.25, 0.3) is 0 Å². The number of hydrogen-bond acceptors (Lipinski definition) is 4. The summed E-state index contributed by atoms with van der Waals surface area (Å²) in [5, 5.41) is 4.70. The molecule has 4 nitrogen and oxygen atoms in total. The number of nitrogens with zero attached hydrogens (tertiary/aromatic N) is 1. The number of esters is 1. The van der Waals surface area contributed by atoms with Crippen LogP contribution in [0.1, 0.15) is 16.1 Å². The van der Waals surface area contributed by atoms with Gasteiger partial charge < -0.3 is 9.26 Å². The van der Waals surface area contributed by atoms with Gasteiger partial charge in [-0.05, 0) is 35.0 Å². The molecule has 0 N–H and O–H groups in total. The fourth-order valence-electron chi connectivity index (χ4n) is 1.40. The van der Waals surface area contributed by atoms with Crippen LogP contribution >= 0.6 is 15.9 Å². The zero-order chi connectivity index (χ0) is 11.0. The number of benzene rings is 1. The van der Waals surface area contributed by atoms with E-state index in [1.54, 1.807) is 12.1 Å². The van der Waals surface area contributed by atoms with Crippen LogP contribution in [0, 0.1) is 6.92 Å². The van der Waals surface area contributed by atoms with Crippen LogP contribution in [0.2, 0.25) is 0 Å². The van der Waals surface area contributed by atoms with E-state index in [1.165, 1.54) is 7.11 Å². The minimum absolute atomic E-state index is 0.397. The number of ether oxygens (including phenoxy) is 1. The summed E-state index contributed by atoms with van der Waals surface area (Å²) in [6, 6.07) is 3.31. The third kappa shape index (κ3) is 1.63. The number of rotatable bonds is 1. The minimum Gasteiger partial charge on any atom is -0.465 e. The number of methoxy groups -OCH3 is 1. The molecule has 0 spiro atoms. The smallest absolute Gasteiger partial charge is 0.338 e. The van der Waals surface area contributed by atoms with Gasteiger partial charge in [-0.15, -0.1) is 0 Å². The fourth-order valence-corrected chi connectivity index (χ4v) is 2.13. The Morgan fingerprint density at radius 1 is 1.53 bits per heavy atom. The monoisotopic (exact) mass is 269 g/mol. The Morgan fingerprint density at radius 2 is 2.27 bits per heavy atom. The number of aryl methyl sites for hydroxylation is 1. The molecule has 2 rings (SSSR count). The van der Waals surface area contributed by atoms with Gasteiger partial charge in [-0.1, -0.05) is 5.16 Å². The zero-order valence-corrected chi connectivity index (χ0v) is 9.79. The van der Waals surface area contributed by atoms with Crippen molar-refractivity contribution in [3.63, 3.8) is 0 Å². The predicted molar refractivity (Wildman–Crippen MR) is 57.8 cm³/mol. The van der Waals surface area contributed by atoms with Gasteiger partial charge in [-0.25, -0.2) is 4.79 Å². The predicted octanol–water partition coefficient (Wildman–Crippen LogP) is 2.69. The Labute approximate surface area is 94.3 Å². The number of carbonyl (C=O) groups excluding carboxylic acids is 1. The summed E-state index contributed by atoms with van der Waals surface area (Å²) in [6.07, 6.45) is 0. The lowest BCUT2D eigenvalue weighted by molar-refractivity contribution is 0.0600. The lowest BCUT2D eigenvalue weighted by Crippen LogP contribution is -2.00. The van der Waals surface area contributed by atoms with Gasteiger partial charge >= 0.3 is 5.97 Å². The largest absolute Gasteiger partial charge is 0.465 e. The van der Waals surface area contributed by atoms with E-state index in [4.69, 9.17) is 4.52 Å². The van der Waals surface area contributed by atoms with Crippen molar-refractivity contribution in [2.45, 2.75) is 6.92 Å². The summed E-state index contributed by atoms with van der Waals surface area (Å²) in [4.78, 5) is 11.3. The van der Waals surface area contributed by atoms with E-state index >= 15 is 0 Å². The Bertz CT molecular complexity index is 533. The molecule has 15 heavy (non-hydrogen) atoms. The average molecular weight is 270 g/mol. The third-order valence-electron chi connectivity index (χ3n) is 2.12. The molecular formula is C10H8BrNO3. The molecule has 1 heterocycles.